The Morgan fingerprint density at radius 3 is 1.83 bits per heavy atom. The number of anilines is 2. The van der Waals surface area contributed by atoms with Gasteiger partial charge < -0.3 is 10.6 Å². The lowest BCUT2D eigenvalue weighted by molar-refractivity contribution is -0.117. The Morgan fingerprint density at radius 2 is 1.48 bits per heavy atom. The van der Waals surface area contributed by atoms with E-state index in [-0.39, 0.29) is 12.5 Å². The minimum Gasteiger partial charge on any atom is -0.326 e. The fraction of sp³-hybridized carbons (Fsp3) is 0.467. The van der Waals surface area contributed by atoms with Crippen LogP contribution >= 0.6 is 0 Å². The quantitative estimate of drug-likeness (QED) is 0.851. The SMILES string of the molecule is CC(=O)Nc1ccc(NC(=O)CN(C(C)(C)C)S(C)(=O)=O)cc1. The molecule has 8 heteroatoms. The number of benzene rings is 1. The Kier molecular flexibility index (Phi) is 5.90. The summed E-state index contributed by atoms with van der Waals surface area (Å²) in [7, 11) is -3.51. The molecule has 0 fully saturated rings. The third-order valence-electron chi connectivity index (χ3n) is 2.92. The van der Waals surface area contributed by atoms with Crippen LogP contribution in [0, 0.1) is 0 Å². The predicted octanol–water partition coefficient (Wildman–Crippen LogP) is 1.64. The number of hydrogen-bond acceptors (Lipinski definition) is 4. The van der Waals surface area contributed by atoms with Crippen LogP contribution in [-0.4, -0.2) is 42.9 Å². The summed E-state index contributed by atoms with van der Waals surface area (Å²) in [6.07, 6.45) is 1.08. The van der Waals surface area contributed by atoms with Gasteiger partial charge in [0, 0.05) is 23.8 Å². The lowest BCUT2D eigenvalue weighted by atomic mass is 10.1. The van der Waals surface area contributed by atoms with Crippen molar-refractivity contribution >= 4 is 33.2 Å². The van der Waals surface area contributed by atoms with E-state index in [1.807, 2.05) is 0 Å². The molecule has 0 saturated carbocycles. The van der Waals surface area contributed by atoms with Crippen LogP contribution in [-0.2, 0) is 19.6 Å². The van der Waals surface area contributed by atoms with Gasteiger partial charge in [0.1, 0.15) is 0 Å². The van der Waals surface area contributed by atoms with Gasteiger partial charge in [-0.3, -0.25) is 9.59 Å². The first-order valence-electron chi connectivity index (χ1n) is 7.05. The molecular weight excluding hydrogens is 318 g/mol. The smallest absolute Gasteiger partial charge is 0.239 e. The van der Waals surface area contributed by atoms with Crippen LogP contribution in [0.25, 0.3) is 0 Å². The van der Waals surface area contributed by atoms with E-state index in [1.165, 1.54) is 6.92 Å². The van der Waals surface area contributed by atoms with Crippen LogP contribution < -0.4 is 10.6 Å². The first-order valence-corrected chi connectivity index (χ1v) is 8.90. The van der Waals surface area contributed by atoms with Crippen LogP contribution in [0.15, 0.2) is 24.3 Å². The first-order chi connectivity index (χ1) is 10.4. The first kappa shape index (κ1) is 19.1. The fourth-order valence-electron chi connectivity index (χ4n) is 2.02. The molecule has 0 aromatic heterocycles. The average Bonchev–Trinajstić information content (AvgIpc) is 2.35. The molecule has 0 aliphatic carbocycles. The molecule has 0 aliphatic rings. The lowest BCUT2D eigenvalue weighted by Crippen LogP contribution is -2.48. The monoisotopic (exact) mass is 341 g/mol. The summed E-state index contributed by atoms with van der Waals surface area (Å²) in [6.45, 7) is 6.31. The normalized spacial score (nSPS) is 12.1. The minimum absolute atomic E-state index is 0.184. The highest BCUT2D eigenvalue weighted by molar-refractivity contribution is 7.88. The molecule has 1 aromatic carbocycles. The molecule has 0 aliphatic heterocycles. The molecule has 0 spiro atoms. The second-order valence-electron chi connectivity index (χ2n) is 6.25. The zero-order chi connectivity index (χ0) is 17.8. The number of rotatable bonds is 5. The molecule has 2 amide bonds. The molecule has 0 saturated heterocycles. The van der Waals surface area contributed by atoms with Crippen molar-refractivity contribution < 1.29 is 18.0 Å². The third-order valence-corrected chi connectivity index (χ3v) is 4.40. The van der Waals surface area contributed by atoms with Crippen LogP contribution in [0.4, 0.5) is 11.4 Å². The van der Waals surface area contributed by atoms with Gasteiger partial charge in [0.05, 0.1) is 12.8 Å². The topological polar surface area (TPSA) is 95.6 Å². The van der Waals surface area contributed by atoms with E-state index < -0.39 is 21.5 Å². The van der Waals surface area contributed by atoms with Crippen molar-refractivity contribution in [2.75, 3.05) is 23.4 Å². The number of amides is 2. The number of carbonyl (C=O) groups excluding carboxylic acids is 2. The van der Waals surface area contributed by atoms with E-state index in [0.717, 1.165) is 10.6 Å². The third kappa shape index (κ3) is 6.37. The molecular formula is C15H23N3O4S. The Labute approximate surface area is 137 Å². The van der Waals surface area contributed by atoms with Crippen LogP contribution in [0.5, 0.6) is 0 Å². The number of nitrogens with one attached hydrogen (secondary N) is 2. The summed E-state index contributed by atoms with van der Waals surface area (Å²) in [4.78, 5) is 23.0. The average molecular weight is 341 g/mol. The second-order valence-corrected chi connectivity index (χ2v) is 8.15. The van der Waals surface area contributed by atoms with Crippen molar-refractivity contribution in [3.8, 4) is 0 Å². The van der Waals surface area contributed by atoms with E-state index in [4.69, 9.17) is 0 Å². The Bertz CT molecular complexity index is 676. The molecule has 0 heterocycles. The maximum Gasteiger partial charge on any atom is 0.239 e. The van der Waals surface area contributed by atoms with Crippen molar-refractivity contribution in [1.29, 1.82) is 0 Å². The van der Waals surface area contributed by atoms with Crippen molar-refractivity contribution in [2.45, 2.75) is 33.2 Å². The summed E-state index contributed by atoms with van der Waals surface area (Å²) < 4.78 is 24.8. The highest BCUT2D eigenvalue weighted by Crippen LogP contribution is 2.18. The summed E-state index contributed by atoms with van der Waals surface area (Å²) in [5.74, 6) is -0.617. The fourth-order valence-corrected chi connectivity index (χ4v) is 3.37. The summed E-state index contributed by atoms with van der Waals surface area (Å²) >= 11 is 0. The summed E-state index contributed by atoms with van der Waals surface area (Å²) in [5.41, 5.74) is 0.439. The van der Waals surface area contributed by atoms with Crippen molar-refractivity contribution in [2.24, 2.45) is 0 Å². The molecule has 7 nitrogen and oxygen atoms in total. The number of nitrogens with zero attached hydrogens (tertiary/aromatic N) is 1. The molecule has 128 valence electrons. The van der Waals surface area contributed by atoms with E-state index in [9.17, 15) is 18.0 Å². The molecule has 0 atom stereocenters. The Hall–Kier alpha value is -1.93. The van der Waals surface area contributed by atoms with Crippen LogP contribution in [0.2, 0.25) is 0 Å². The zero-order valence-electron chi connectivity index (χ0n) is 14.0. The van der Waals surface area contributed by atoms with Gasteiger partial charge >= 0.3 is 0 Å². The van der Waals surface area contributed by atoms with E-state index in [0.29, 0.717) is 11.4 Å². The van der Waals surface area contributed by atoms with E-state index in [1.54, 1.807) is 45.0 Å². The van der Waals surface area contributed by atoms with Gasteiger partial charge in [-0.2, -0.15) is 4.31 Å². The van der Waals surface area contributed by atoms with Gasteiger partial charge in [0.15, 0.2) is 0 Å². The summed E-state index contributed by atoms with van der Waals surface area (Å²) in [6, 6.07) is 6.56. The Balaban J connectivity index is 2.77. The highest BCUT2D eigenvalue weighted by atomic mass is 32.2. The van der Waals surface area contributed by atoms with Gasteiger partial charge in [-0.1, -0.05) is 0 Å². The lowest BCUT2D eigenvalue weighted by Gasteiger charge is -2.32. The molecule has 0 radical (unpaired) electrons. The van der Waals surface area contributed by atoms with Gasteiger partial charge in [0.2, 0.25) is 21.8 Å². The van der Waals surface area contributed by atoms with E-state index in [2.05, 4.69) is 10.6 Å². The molecule has 1 aromatic rings. The molecule has 1 rings (SSSR count). The van der Waals surface area contributed by atoms with Crippen molar-refractivity contribution in [3.63, 3.8) is 0 Å². The predicted molar refractivity (Wildman–Crippen MR) is 90.7 cm³/mol. The van der Waals surface area contributed by atoms with Crippen LogP contribution in [0.1, 0.15) is 27.7 Å². The molecule has 2 N–H and O–H groups in total. The van der Waals surface area contributed by atoms with E-state index >= 15 is 0 Å². The zero-order valence-corrected chi connectivity index (χ0v) is 14.8. The van der Waals surface area contributed by atoms with Gasteiger partial charge in [0.25, 0.3) is 0 Å². The van der Waals surface area contributed by atoms with Gasteiger partial charge in [-0.15, -0.1) is 0 Å². The van der Waals surface area contributed by atoms with Crippen molar-refractivity contribution in [3.05, 3.63) is 24.3 Å². The Morgan fingerprint density at radius 1 is 1.04 bits per heavy atom. The number of sulfonamides is 1. The molecule has 0 bridgehead atoms. The number of hydrogen-bond donors (Lipinski definition) is 2. The second kappa shape index (κ2) is 7.10. The minimum atomic E-state index is -3.51. The summed E-state index contributed by atoms with van der Waals surface area (Å²) in [5, 5.41) is 5.26. The van der Waals surface area contributed by atoms with Crippen molar-refractivity contribution in [1.82, 2.24) is 4.31 Å². The number of carbonyl (C=O) groups is 2. The van der Waals surface area contributed by atoms with Crippen LogP contribution in [0.3, 0.4) is 0 Å². The maximum absolute atomic E-state index is 12.1. The van der Waals surface area contributed by atoms with Gasteiger partial charge in [-0.25, -0.2) is 8.42 Å². The largest absolute Gasteiger partial charge is 0.326 e. The standard InChI is InChI=1S/C15H23N3O4S/c1-11(19)16-12-6-8-13(9-7-12)17-14(20)10-18(15(2,3)4)23(5,21)22/h6-9H,10H2,1-5H3,(H,16,19)(H,17,20). The van der Waals surface area contributed by atoms with Gasteiger partial charge in [-0.05, 0) is 45.0 Å². The maximum atomic E-state index is 12.1. The molecule has 0 unspecified atom stereocenters. The molecule has 23 heavy (non-hydrogen) atoms. The highest BCUT2D eigenvalue weighted by Gasteiger charge is 2.31.